The molecule has 0 saturated carbocycles. The number of aromatic nitrogens is 15. The zero-order valence-electron chi connectivity index (χ0n) is 56.0. The fourth-order valence-corrected chi connectivity index (χ4v) is 12.9. The van der Waals surface area contributed by atoms with Crippen molar-refractivity contribution in [2.45, 2.75) is 70.5 Å². The van der Waals surface area contributed by atoms with E-state index >= 15 is 0 Å². The summed E-state index contributed by atoms with van der Waals surface area (Å²) in [6.07, 6.45) is 16.6. The number of nitrogens with zero attached hydrogens (tertiary/aromatic N) is 18. The number of rotatable bonds is 15. The second-order valence-electron chi connectivity index (χ2n) is 24.5. The number of hydrogen-bond donors (Lipinski definition) is 3. The normalized spacial score (nSPS) is 15.9. The van der Waals surface area contributed by atoms with Crippen LogP contribution in [0.4, 0.5) is 21.8 Å². The van der Waals surface area contributed by atoms with Gasteiger partial charge in [0.05, 0.1) is 40.0 Å². The molecular weight excluding hydrogens is 1300 g/mol. The third-order valence-corrected chi connectivity index (χ3v) is 17.9. The van der Waals surface area contributed by atoms with E-state index in [1.54, 1.807) is 49.8 Å². The summed E-state index contributed by atoms with van der Waals surface area (Å²) in [5.41, 5.74) is 26.0. The van der Waals surface area contributed by atoms with Crippen molar-refractivity contribution in [2.24, 2.45) is 0 Å². The Bertz CT molecular complexity index is 4900. The SMILES string of the molecule is C=CC(=O)N1CCC[C@@H](n2nc(-c3ccc(Oc4ccccc4)nc3C)c3c(N)ncnc32)C1.C=CC(=O)N1CCC[C@@H](n2nc(-c3cnc(Oc4ccccc4)c(F)c3)c3c(N)ncnc32)C1.C=CC(=O)N1CCC[C@@H](n2nc(-c3cnc(Oc4ccccc4)cc3C)c3c(N)ncnc32)C1. The Balaban J connectivity index is 0.000000137. The molecular formula is C74H72FN21O6. The van der Waals surface area contributed by atoms with Crippen molar-refractivity contribution in [1.29, 1.82) is 0 Å². The smallest absolute Gasteiger partial charge is 0.255 e. The molecule has 9 aromatic heterocycles. The van der Waals surface area contributed by atoms with E-state index in [-0.39, 0.29) is 47.5 Å². The van der Waals surface area contributed by atoms with Gasteiger partial charge in [0.15, 0.2) is 22.8 Å². The first-order valence-electron chi connectivity index (χ1n) is 33.1. The molecule has 6 N–H and O–H groups in total. The molecule has 3 amide bonds. The van der Waals surface area contributed by atoms with Gasteiger partial charge in [0.1, 0.15) is 70.8 Å². The number of aryl methyl sites for hydroxylation is 2. The number of ether oxygens (including phenoxy) is 3. The number of hydrogen-bond acceptors (Lipinski definition) is 21. The number of halogens is 1. The fourth-order valence-electron chi connectivity index (χ4n) is 12.9. The van der Waals surface area contributed by atoms with Crippen molar-refractivity contribution in [3.05, 3.63) is 202 Å². The summed E-state index contributed by atoms with van der Waals surface area (Å²) >= 11 is 0. The summed E-state index contributed by atoms with van der Waals surface area (Å²) in [6.45, 7) is 18.3. The molecule has 3 atom stereocenters. The number of piperidine rings is 3. The molecule has 0 radical (unpaired) electrons. The van der Waals surface area contributed by atoms with Gasteiger partial charge in [0.2, 0.25) is 29.5 Å². The van der Waals surface area contributed by atoms with E-state index in [1.807, 2.05) is 108 Å². The van der Waals surface area contributed by atoms with Gasteiger partial charge in [-0.25, -0.2) is 63.3 Å². The summed E-state index contributed by atoms with van der Waals surface area (Å²) in [6, 6.07) is 34.6. The molecule has 27 nitrogen and oxygen atoms in total. The maximum Gasteiger partial charge on any atom is 0.255 e. The lowest BCUT2D eigenvalue weighted by Crippen LogP contribution is -2.40. The summed E-state index contributed by atoms with van der Waals surface area (Å²) < 4.78 is 37.7. The van der Waals surface area contributed by atoms with E-state index in [2.05, 4.69) is 64.6 Å². The molecule has 102 heavy (non-hydrogen) atoms. The van der Waals surface area contributed by atoms with Crippen molar-refractivity contribution >= 4 is 68.3 Å². The summed E-state index contributed by atoms with van der Waals surface area (Å²) in [4.78, 5) is 81.1. The molecule has 3 aromatic carbocycles. The minimum absolute atomic E-state index is 0.0304. The highest BCUT2D eigenvalue weighted by atomic mass is 19.1. The first-order valence-corrected chi connectivity index (χ1v) is 33.1. The molecule has 3 saturated heterocycles. The molecule has 0 unspecified atom stereocenters. The Kier molecular flexibility index (Phi) is 20.0. The van der Waals surface area contributed by atoms with Crippen LogP contribution in [-0.4, -0.2) is 146 Å². The number of anilines is 3. The van der Waals surface area contributed by atoms with Crippen LogP contribution in [0.5, 0.6) is 34.9 Å². The number of carbonyl (C=O) groups excluding carboxylic acids is 3. The van der Waals surface area contributed by atoms with E-state index in [0.717, 1.165) is 60.9 Å². The molecule has 12 heterocycles. The van der Waals surface area contributed by atoms with Gasteiger partial charge in [-0.15, -0.1) is 0 Å². The van der Waals surface area contributed by atoms with Gasteiger partial charge in [-0.1, -0.05) is 74.3 Å². The predicted molar refractivity (Wildman–Crippen MR) is 383 cm³/mol. The molecule has 0 aliphatic carbocycles. The lowest BCUT2D eigenvalue weighted by atomic mass is 10.1. The Morgan fingerprint density at radius 3 is 1.31 bits per heavy atom. The van der Waals surface area contributed by atoms with Crippen LogP contribution in [0, 0.1) is 19.7 Å². The summed E-state index contributed by atoms with van der Waals surface area (Å²) in [5.74, 6) is 2.75. The lowest BCUT2D eigenvalue weighted by molar-refractivity contribution is -0.128. The van der Waals surface area contributed by atoms with Gasteiger partial charge in [0.25, 0.3) is 5.88 Å². The van der Waals surface area contributed by atoms with E-state index in [9.17, 15) is 18.8 Å². The van der Waals surface area contributed by atoms with Crippen LogP contribution in [0.1, 0.15) is 67.9 Å². The number of para-hydroxylation sites is 3. The highest BCUT2D eigenvalue weighted by Crippen LogP contribution is 2.40. The number of nitrogens with two attached hydrogens (primary N) is 3. The largest absolute Gasteiger partial charge is 0.439 e. The second-order valence-corrected chi connectivity index (χ2v) is 24.5. The predicted octanol–water partition coefficient (Wildman–Crippen LogP) is 11.6. The lowest BCUT2D eigenvalue weighted by Gasteiger charge is -2.32. The highest BCUT2D eigenvalue weighted by Gasteiger charge is 2.33. The average molecular weight is 1370 g/mol. The van der Waals surface area contributed by atoms with Gasteiger partial charge < -0.3 is 46.1 Å². The number of benzene rings is 3. The number of amides is 3. The van der Waals surface area contributed by atoms with E-state index in [1.165, 1.54) is 49.5 Å². The van der Waals surface area contributed by atoms with Crippen molar-refractivity contribution in [1.82, 2.24) is 88.9 Å². The van der Waals surface area contributed by atoms with Crippen LogP contribution in [-0.2, 0) is 14.4 Å². The van der Waals surface area contributed by atoms with Gasteiger partial charge in [-0.05, 0) is 125 Å². The van der Waals surface area contributed by atoms with Gasteiger partial charge in [-0.3, -0.25) is 14.4 Å². The molecule has 0 spiro atoms. The second kappa shape index (κ2) is 30.1. The van der Waals surface area contributed by atoms with Crippen LogP contribution in [0.3, 0.4) is 0 Å². The quantitative estimate of drug-likeness (QED) is 0.0803. The molecule has 3 aliphatic heterocycles. The van der Waals surface area contributed by atoms with Crippen LogP contribution in [0.25, 0.3) is 66.9 Å². The van der Waals surface area contributed by atoms with E-state index in [4.69, 9.17) is 46.7 Å². The summed E-state index contributed by atoms with van der Waals surface area (Å²) in [5, 5.41) is 16.5. The monoisotopic (exact) mass is 1370 g/mol. The number of fused-ring (bicyclic) bond motifs is 3. The maximum absolute atomic E-state index is 14.9. The molecule has 12 aromatic rings. The number of likely N-dealkylation sites (tertiary alicyclic amines) is 3. The van der Waals surface area contributed by atoms with Crippen molar-refractivity contribution < 1.29 is 33.0 Å². The zero-order valence-corrected chi connectivity index (χ0v) is 56.0. The Hall–Kier alpha value is -12.9. The number of nitrogen functional groups attached to an aromatic ring is 3. The minimum atomic E-state index is -0.639. The summed E-state index contributed by atoms with van der Waals surface area (Å²) in [7, 11) is 0. The number of carbonyl (C=O) groups is 3. The topological polar surface area (TPSA) is 336 Å². The third-order valence-electron chi connectivity index (χ3n) is 17.9. The van der Waals surface area contributed by atoms with E-state index in [0.29, 0.717) is 136 Å². The highest BCUT2D eigenvalue weighted by molar-refractivity contribution is 6.01. The van der Waals surface area contributed by atoms with Crippen molar-refractivity contribution in [3.8, 4) is 68.7 Å². The Labute approximate surface area is 584 Å². The Morgan fingerprint density at radius 2 is 0.892 bits per heavy atom. The molecule has 15 rings (SSSR count). The van der Waals surface area contributed by atoms with Crippen LogP contribution >= 0.6 is 0 Å². The molecule has 28 heteroatoms. The van der Waals surface area contributed by atoms with Crippen molar-refractivity contribution in [2.75, 3.05) is 56.5 Å². The fraction of sp³-hybridized carbons (Fsp3) is 0.230. The maximum atomic E-state index is 14.9. The minimum Gasteiger partial charge on any atom is -0.439 e. The zero-order chi connectivity index (χ0) is 71.0. The Morgan fingerprint density at radius 1 is 0.480 bits per heavy atom. The van der Waals surface area contributed by atoms with E-state index < -0.39 is 5.82 Å². The van der Waals surface area contributed by atoms with Crippen LogP contribution in [0.15, 0.2) is 185 Å². The standard InChI is InChI=1S/2C25H25N7O2.C24H22FN7O2/c1-3-21(33)31-13-7-8-17(14-31)32-25-22(24(26)27-15-28-25)23(30-32)19-11-12-20(29-16(19)2)34-18-9-5-4-6-10-18;1-3-21(33)31-11-7-8-17(14-31)32-25-22(24(26)28-15-29-25)23(30-32)19-13-27-20(12-16(19)2)34-18-9-5-4-6-10-18;1-2-19(33)31-10-6-7-16(13-31)32-23-20(22(26)28-14-29-23)21(30-32)15-11-18(25)24(27-12-15)34-17-8-4-3-5-9-17/h3-6,9-12,15,17H,1,7-8,13-14H2,2H3,(H2,26,27,28);3-6,9-10,12-13,15,17H,1,7-8,11,14H2,2H3,(H2,26,28,29);2-5,8-9,11-12,14,16H,1,6-7,10,13H2,(H2,26,28,29)/t2*17-;16-/m111/s1. The van der Waals surface area contributed by atoms with Crippen molar-refractivity contribution in [3.63, 3.8) is 0 Å². The third kappa shape index (κ3) is 14.4. The van der Waals surface area contributed by atoms with Gasteiger partial charge in [0, 0.05) is 80.5 Å². The van der Waals surface area contributed by atoms with Gasteiger partial charge >= 0.3 is 0 Å². The molecule has 0 bridgehead atoms. The average Bonchev–Trinajstić information content (AvgIpc) is 1.62. The van der Waals surface area contributed by atoms with Crippen LogP contribution < -0.4 is 31.4 Å². The molecule has 3 aliphatic rings. The molecule has 516 valence electrons. The van der Waals surface area contributed by atoms with Gasteiger partial charge in [-0.2, -0.15) is 15.3 Å². The number of pyridine rings is 3. The van der Waals surface area contributed by atoms with Crippen LogP contribution in [0.2, 0.25) is 0 Å². The first kappa shape index (κ1) is 67.7. The molecule has 3 fully saturated rings. The first-order chi connectivity index (χ1) is 49.6.